The van der Waals surface area contributed by atoms with Crippen LogP contribution in [-0.4, -0.2) is 26.2 Å². The summed E-state index contributed by atoms with van der Waals surface area (Å²) in [4.78, 5) is 12.7. The number of benzene rings is 3. The van der Waals surface area contributed by atoms with E-state index in [1.165, 1.54) is 0 Å². The largest absolute Gasteiger partial charge is 0.493 e. The quantitative estimate of drug-likeness (QED) is 0.428. The zero-order valence-electron chi connectivity index (χ0n) is 17.6. The molecule has 0 saturated heterocycles. The van der Waals surface area contributed by atoms with Crippen molar-refractivity contribution in [3.05, 3.63) is 71.2 Å². The summed E-state index contributed by atoms with van der Waals surface area (Å²) in [5.74, 6) is 2.41. The Labute approximate surface area is 186 Å². The number of anilines is 1. The molecule has 0 aliphatic rings. The van der Waals surface area contributed by atoms with E-state index in [1.54, 1.807) is 43.5 Å². The van der Waals surface area contributed by atoms with Crippen LogP contribution in [0.4, 0.5) is 5.69 Å². The number of rotatable bonds is 9. The second-order valence-corrected chi connectivity index (χ2v) is 6.79. The molecule has 0 atom stereocenters. The van der Waals surface area contributed by atoms with Gasteiger partial charge in [0.2, 0.25) is 0 Å². The van der Waals surface area contributed by atoms with Crippen LogP contribution in [0.25, 0.3) is 0 Å². The summed E-state index contributed by atoms with van der Waals surface area (Å²) >= 11 is 6.31. The van der Waals surface area contributed by atoms with Crippen LogP contribution in [0.15, 0.2) is 60.7 Å². The van der Waals surface area contributed by atoms with Crippen molar-refractivity contribution >= 4 is 23.2 Å². The third-order valence-electron chi connectivity index (χ3n) is 4.27. The van der Waals surface area contributed by atoms with E-state index < -0.39 is 0 Å². The molecule has 0 aromatic heterocycles. The first kappa shape index (κ1) is 22.3. The molecule has 3 aromatic carbocycles. The van der Waals surface area contributed by atoms with E-state index in [9.17, 15) is 4.79 Å². The molecule has 31 heavy (non-hydrogen) atoms. The minimum Gasteiger partial charge on any atom is -0.493 e. The Morgan fingerprint density at radius 3 is 2.23 bits per heavy atom. The Morgan fingerprint density at radius 1 is 0.903 bits per heavy atom. The molecule has 1 amide bonds. The highest BCUT2D eigenvalue weighted by atomic mass is 35.5. The Kier molecular flexibility index (Phi) is 7.62. The molecule has 7 heteroatoms. The molecule has 0 aliphatic carbocycles. The zero-order chi connectivity index (χ0) is 22.2. The van der Waals surface area contributed by atoms with Gasteiger partial charge in [-0.2, -0.15) is 0 Å². The molecule has 0 spiro atoms. The van der Waals surface area contributed by atoms with Crippen LogP contribution in [0, 0.1) is 0 Å². The fourth-order valence-corrected chi connectivity index (χ4v) is 3.15. The maximum Gasteiger partial charge on any atom is 0.255 e. The van der Waals surface area contributed by atoms with Crippen molar-refractivity contribution < 1.29 is 23.7 Å². The van der Waals surface area contributed by atoms with E-state index in [0.717, 1.165) is 0 Å². The summed E-state index contributed by atoms with van der Waals surface area (Å²) < 4.78 is 22.3. The smallest absolute Gasteiger partial charge is 0.255 e. The summed E-state index contributed by atoms with van der Waals surface area (Å²) in [6.45, 7) is 4.57. The number of hydrogen-bond donors (Lipinski definition) is 1. The third-order valence-corrected chi connectivity index (χ3v) is 4.55. The normalized spacial score (nSPS) is 10.3. The van der Waals surface area contributed by atoms with Gasteiger partial charge in [-0.25, -0.2) is 0 Å². The minimum absolute atomic E-state index is 0.315. The van der Waals surface area contributed by atoms with Gasteiger partial charge in [-0.05, 0) is 62.4 Å². The molecule has 0 aliphatic heterocycles. The lowest BCUT2D eigenvalue weighted by Crippen LogP contribution is -2.12. The average molecular weight is 442 g/mol. The number of methoxy groups -OCH3 is 1. The van der Waals surface area contributed by atoms with Gasteiger partial charge in [0, 0.05) is 11.3 Å². The van der Waals surface area contributed by atoms with Gasteiger partial charge < -0.3 is 24.3 Å². The Balaban J connectivity index is 1.73. The molecule has 3 rings (SSSR count). The highest BCUT2D eigenvalue weighted by Gasteiger charge is 2.16. The van der Waals surface area contributed by atoms with E-state index in [2.05, 4.69) is 5.32 Å². The summed E-state index contributed by atoms with van der Waals surface area (Å²) in [7, 11) is 1.59. The van der Waals surface area contributed by atoms with Crippen LogP contribution in [0.1, 0.15) is 24.2 Å². The maximum atomic E-state index is 12.7. The molecule has 0 radical (unpaired) electrons. The predicted octanol–water partition coefficient (Wildman–Crippen LogP) is 6.19. The van der Waals surface area contributed by atoms with Gasteiger partial charge >= 0.3 is 0 Å². The van der Waals surface area contributed by atoms with E-state index in [1.807, 2.05) is 38.1 Å². The van der Waals surface area contributed by atoms with Crippen molar-refractivity contribution in [1.29, 1.82) is 0 Å². The molecular formula is C24H24ClNO5. The lowest BCUT2D eigenvalue weighted by Gasteiger charge is -2.14. The van der Waals surface area contributed by atoms with Gasteiger partial charge in [-0.15, -0.1) is 0 Å². The lowest BCUT2D eigenvalue weighted by molar-refractivity contribution is 0.102. The van der Waals surface area contributed by atoms with E-state index in [4.69, 9.17) is 30.5 Å². The first-order valence-corrected chi connectivity index (χ1v) is 10.2. The molecule has 0 unspecified atom stereocenters. The van der Waals surface area contributed by atoms with Crippen LogP contribution in [0.5, 0.6) is 28.7 Å². The summed E-state index contributed by atoms with van der Waals surface area (Å²) in [5.41, 5.74) is 0.978. The molecule has 0 bridgehead atoms. The van der Waals surface area contributed by atoms with Crippen LogP contribution in [-0.2, 0) is 0 Å². The first-order valence-electron chi connectivity index (χ1n) is 9.87. The number of para-hydroxylation sites is 2. The Hall–Kier alpha value is -3.38. The molecular weight excluding hydrogens is 418 g/mol. The maximum absolute atomic E-state index is 12.7. The van der Waals surface area contributed by atoms with Gasteiger partial charge in [-0.1, -0.05) is 23.7 Å². The van der Waals surface area contributed by atoms with Crippen LogP contribution >= 0.6 is 11.6 Å². The summed E-state index contributed by atoms with van der Waals surface area (Å²) in [5, 5.41) is 3.16. The minimum atomic E-state index is -0.315. The Bertz CT molecular complexity index is 1040. The number of hydrogen-bond acceptors (Lipinski definition) is 5. The number of amides is 1. The number of ether oxygens (including phenoxy) is 4. The van der Waals surface area contributed by atoms with Crippen molar-refractivity contribution in [2.45, 2.75) is 13.8 Å². The number of halogens is 1. The highest BCUT2D eigenvalue weighted by molar-refractivity contribution is 6.32. The van der Waals surface area contributed by atoms with Gasteiger partial charge in [0.15, 0.2) is 23.0 Å². The van der Waals surface area contributed by atoms with Crippen molar-refractivity contribution in [3.63, 3.8) is 0 Å². The molecule has 0 saturated carbocycles. The van der Waals surface area contributed by atoms with Gasteiger partial charge in [0.05, 0.1) is 25.3 Å². The molecule has 0 heterocycles. The third kappa shape index (κ3) is 5.61. The number of carbonyl (C=O) groups excluding carboxylic acids is 1. The van der Waals surface area contributed by atoms with Gasteiger partial charge in [0.25, 0.3) is 5.91 Å². The predicted molar refractivity (Wildman–Crippen MR) is 121 cm³/mol. The second kappa shape index (κ2) is 10.6. The Morgan fingerprint density at radius 2 is 1.58 bits per heavy atom. The SMILES string of the molecule is CCOc1cc(C(=O)Nc2ccc(Oc3ccccc3OC)cc2)cc(Cl)c1OCC. The van der Waals surface area contributed by atoms with Gasteiger partial charge in [-0.3, -0.25) is 4.79 Å². The zero-order valence-corrected chi connectivity index (χ0v) is 18.4. The topological polar surface area (TPSA) is 66.0 Å². The van der Waals surface area contributed by atoms with E-state index >= 15 is 0 Å². The highest BCUT2D eigenvalue weighted by Crippen LogP contribution is 2.37. The van der Waals surface area contributed by atoms with Crippen molar-refractivity contribution in [2.75, 3.05) is 25.6 Å². The number of carbonyl (C=O) groups is 1. The first-order chi connectivity index (χ1) is 15.0. The lowest BCUT2D eigenvalue weighted by atomic mass is 10.1. The monoisotopic (exact) mass is 441 g/mol. The average Bonchev–Trinajstić information content (AvgIpc) is 2.77. The van der Waals surface area contributed by atoms with Crippen molar-refractivity contribution in [3.8, 4) is 28.7 Å². The fourth-order valence-electron chi connectivity index (χ4n) is 2.89. The van der Waals surface area contributed by atoms with Crippen molar-refractivity contribution in [2.24, 2.45) is 0 Å². The van der Waals surface area contributed by atoms with Crippen LogP contribution < -0.4 is 24.3 Å². The summed E-state index contributed by atoms with van der Waals surface area (Å²) in [6.07, 6.45) is 0. The van der Waals surface area contributed by atoms with Crippen molar-refractivity contribution in [1.82, 2.24) is 0 Å². The van der Waals surface area contributed by atoms with E-state index in [-0.39, 0.29) is 5.91 Å². The summed E-state index contributed by atoms with van der Waals surface area (Å²) in [6, 6.07) is 17.6. The molecule has 1 N–H and O–H groups in total. The van der Waals surface area contributed by atoms with Crippen LogP contribution in [0.2, 0.25) is 5.02 Å². The molecule has 3 aromatic rings. The molecule has 0 fully saturated rings. The number of nitrogens with one attached hydrogen (secondary N) is 1. The van der Waals surface area contributed by atoms with Gasteiger partial charge in [0.1, 0.15) is 5.75 Å². The molecule has 6 nitrogen and oxygen atoms in total. The fraction of sp³-hybridized carbons (Fsp3) is 0.208. The van der Waals surface area contributed by atoms with E-state index in [0.29, 0.717) is 58.2 Å². The van der Waals surface area contributed by atoms with Crippen LogP contribution in [0.3, 0.4) is 0 Å². The standard InChI is InChI=1S/C24H24ClNO5/c1-4-29-22-15-16(14-19(25)23(22)30-5-2)24(27)26-17-10-12-18(13-11-17)31-21-9-7-6-8-20(21)28-3/h6-15H,4-5H2,1-3H3,(H,26,27). The molecule has 162 valence electrons. The second-order valence-electron chi connectivity index (χ2n) is 6.38.